The first-order valence-electron chi connectivity index (χ1n) is 7.13. The molecule has 2 aromatic heterocycles. The zero-order valence-corrected chi connectivity index (χ0v) is 11.6. The van der Waals surface area contributed by atoms with Crippen molar-refractivity contribution in [1.29, 1.82) is 0 Å². The summed E-state index contributed by atoms with van der Waals surface area (Å²) in [5.41, 5.74) is 3.33. The van der Waals surface area contributed by atoms with Gasteiger partial charge in [-0.25, -0.2) is 0 Å². The average molecular weight is 269 g/mol. The summed E-state index contributed by atoms with van der Waals surface area (Å²) in [6.07, 6.45) is 4.97. The summed E-state index contributed by atoms with van der Waals surface area (Å²) in [5.74, 6) is 0. The van der Waals surface area contributed by atoms with Crippen LogP contribution in [0.3, 0.4) is 0 Å². The monoisotopic (exact) mass is 269 g/mol. The van der Waals surface area contributed by atoms with Gasteiger partial charge in [-0.3, -0.25) is 9.78 Å². The number of hydrogen-bond donors (Lipinski definition) is 2. The van der Waals surface area contributed by atoms with Crippen molar-refractivity contribution in [3.8, 4) is 0 Å². The normalized spacial score (nSPS) is 19.4. The number of nitrogens with one attached hydrogen (secondary N) is 2. The Balaban J connectivity index is 1.81. The molecule has 3 rings (SSSR count). The van der Waals surface area contributed by atoms with Crippen molar-refractivity contribution in [3.05, 3.63) is 63.8 Å². The van der Waals surface area contributed by atoms with Gasteiger partial charge in [-0.1, -0.05) is 12.1 Å². The predicted molar refractivity (Wildman–Crippen MR) is 78.5 cm³/mol. The molecule has 0 saturated heterocycles. The molecule has 0 aliphatic heterocycles. The molecule has 0 aromatic carbocycles. The van der Waals surface area contributed by atoms with Crippen LogP contribution in [0.15, 0.2) is 41.3 Å². The van der Waals surface area contributed by atoms with Gasteiger partial charge in [-0.2, -0.15) is 0 Å². The maximum absolute atomic E-state index is 11.4. The van der Waals surface area contributed by atoms with Crippen LogP contribution >= 0.6 is 0 Å². The molecule has 104 valence electrons. The van der Waals surface area contributed by atoms with Crippen LogP contribution < -0.4 is 10.9 Å². The first-order valence-corrected chi connectivity index (χ1v) is 7.13. The fourth-order valence-corrected chi connectivity index (χ4v) is 2.89. The minimum Gasteiger partial charge on any atom is -0.326 e. The molecule has 0 bridgehead atoms. The smallest absolute Gasteiger partial charge is 0.248 e. The van der Waals surface area contributed by atoms with Gasteiger partial charge in [0.1, 0.15) is 0 Å². The van der Waals surface area contributed by atoms with E-state index in [0.717, 1.165) is 30.7 Å². The van der Waals surface area contributed by atoms with E-state index in [9.17, 15) is 4.79 Å². The molecular formula is C16H19N3O. The molecule has 1 aliphatic rings. The number of fused-ring (bicyclic) bond motifs is 1. The fourth-order valence-electron chi connectivity index (χ4n) is 2.89. The highest BCUT2D eigenvalue weighted by Gasteiger charge is 2.22. The van der Waals surface area contributed by atoms with Crippen LogP contribution in [-0.4, -0.2) is 9.97 Å². The van der Waals surface area contributed by atoms with Crippen molar-refractivity contribution in [2.75, 3.05) is 0 Å². The zero-order chi connectivity index (χ0) is 13.9. The molecule has 20 heavy (non-hydrogen) atoms. The minimum atomic E-state index is -0.0119. The van der Waals surface area contributed by atoms with E-state index in [1.165, 1.54) is 5.56 Å². The molecular weight excluding hydrogens is 250 g/mol. The van der Waals surface area contributed by atoms with Gasteiger partial charge in [0.25, 0.3) is 0 Å². The lowest BCUT2D eigenvalue weighted by molar-refractivity contribution is 0.407. The molecule has 2 heterocycles. The van der Waals surface area contributed by atoms with Crippen LogP contribution in [0, 0.1) is 0 Å². The Kier molecular flexibility index (Phi) is 3.65. The van der Waals surface area contributed by atoms with Gasteiger partial charge in [0.05, 0.1) is 5.69 Å². The van der Waals surface area contributed by atoms with Crippen LogP contribution in [-0.2, 0) is 6.42 Å². The van der Waals surface area contributed by atoms with E-state index < -0.39 is 0 Å². The molecule has 2 aromatic rings. The molecule has 0 saturated carbocycles. The van der Waals surface area contributed by atoms with E-state index in [4.69, 9.17) is 0 Å². The van der Waals surface area contributed by atoms with Crippen molar-refractivity contribution in [3.63, 3.8) is 0 Å². The van der Waals surface area contributed by atoms with Crippen molar-refractivity contribution < 1.29 is 0 Å². The van der Waals surface area contributed by atoms with Gasteiger partial charge in [-0.05, 0) is 43.9 Å². The molecule has 1 aliphatic carbocycles. The number of hydrogen-bond acceptors (Lipinski definition) is 3. The molecule has 0 amide bonds. The van der Waals surface area contributed by atoms with E-state index in [1.807, 2.05) is 30.5 Å². The lowest BCUT2D eigenvalue weighted by Crippen LogP contribution is -2.29. The van der Waals surface area contributed by atoms with Gasteiger partial charge < -0.3 is 10.3 Å². The second kappa shape index (κ2) is 5.59. The molecule has 4 heteroatoms. The van der Waals surface area contributed by atoms with E-state index in [-0.39, 0.29) is 17.6 Å². The Bertz CT molecular complexity index is 636. The molecule has 1 unspecified atom stereocenters. The molecule has 0 radical (unpaired) electrons. The summed E-state index contributed by atoms with van der Waals surface area (Å²) in [7, 11) is 0. The number of aryl methyl sites for hydroxylation is 1. The summed E-state index contributed by atoms with van der Waals surface area (Å²) < 4.78 is 0. The SMILES string of the molecule is C[C@@H](NC1CCCc2[nH]c(=O)ccc21)c1ccccn1. The molecule has 0 fully saturated rings. The Morgan fingerprint density at radius 2 is 2.25 bits per heavy atom. The highest BCUT2D eigenvalue weighted by Crippen LogP contribution is 2.29. The number of rotatable bonds is 3. The summed E-state index contributed by atoms with van der Waals surface area (Å²) >= 11 is 0. The van der Waals surface area contributed by atoms with Gasteiger partial charge in [-0.15, -0.1) is 0 Å². The van der Waals surface area contributed by atoms with Gasteiger partial charge in [0, 0.05) is 30.0 Å². The highest BCUT2D eigenvalue weighted by atomic mass is 16.1. The first-order chi connectivity index (χ1) is 9.74. The Hall–Kier alpha value is -1.94. The summed E-state index contributed by atoms with van der Waals surface area (Å²) in [4.78, 5) is 18.8. The zero-order valence-electron chi connectivity index (χ0n) is 11.6. The van der Waals surface area contributed by atoms with Crippen LogP contribution in [0.4, 0.5) is 0 Å². The summed E-state index contributed by atoms with van der Waals surface area (Å²) in [6, 6.07) is 10.0. The van der Waals surface area contributed by atoms with Gasteiger partial charge in [0.2, 0.25) is 5.56 Å². The van der Waals surface area contributed by atoms with Gasteiger partial charge in [0.15, 0.2) is 0 Å². The molecule has 2 N–H and O–H groups in total. The lowest BCUT2D eigenvalue weighted by Gasteiger charge is -2.28. The third kappa shape index (κ3) is 2.65. The predicted octanol–water partition coefficient (Wildman–Crippen LogP) is 2.50. The third-order valence-corrected chi connectivity index (χ3v) is 3.91. The number of aromatic nitrogens is 2. The third-order valence-electron chi connectivity index (χ3n) is 3.91. The van der Waals surface area contributed by atoms with Crippen molar-refractivity contribution in [1.82, 2.24) is 15.3 Å². The minimum absolute atomic E-state index is 0.0119. The fraction of sp³-hybridized carbons (Fsp3) is 0.375. The number of pyridine rings is 2. The first kappa shape index (κ1) is 13.1. The second-order valence-corrected chi connectivity index (χ2v) is 5.34. The van der Waals surface area contributed by atoms with Crippen molar-refractivity contribution >= 4 is 0 Å². The van der Waals surface area contributed by atoms with Crippen LogP contribution in [0.2, 0.25) is 0 Å². The number of aromatic amines is 1. The Morgan fingerprint density at radius 3 is 3.05 bits per heavy atom. The number of H-pyrrole nitrogens is 1. The van der Waals surface area contributed by atoms with Crippen LogP contribution in [0.5, 0.6) is 0 Å². The largest absolute Gasteiger partial charge is 0.326 e. The number of nitrogens with zero attached hydrogens (tertiary/aromatic N) is 1. The molecule has 0 spiro atoms. The quantitative estimate of drug-likeness (QED) is 0.900. The van der Waals surface area contributed by atoms with E-state index >= 15 is 0 Å². The molecule has 2 atom stereocenters. The highest BCUT2D eigenvalue weighted by molar-refractivity contribution is 5.26. The maximum atomic E-state index is 11.4. The lowest BCUT2D eigenvalue weighted by atomic mass is 9.90. The molecule has 4 nitrogen and oxygen atoms in total. The van der Waals surface area contributed by atoms with Gasteiger partial charge >= 0.3 is 0 Å². The van der Waals surface area contributed by atoms with Crippen LogP contribution in [0.1, 0.15) is 48.8 Å². The summed E-state index contributed by atoms with van der Waals surface area (Å²) in [6.45, 7) is 2.13. The average Bonchev–Trinajstić information content (AvgIpc) is 2.48. The van der Waals surface area contributed by atoms with E-state index in [0.29, 0.717) is 0 Å². The Labute approximate surface area is 118 Å². The van der Waals surface area contributed by atoms with Crippen LogP contribution in [0.25, 0.3) is 0 Å². The maximum Gasteiger partial charge on any atom is 0.248 e. The topological polar surface area (TPSA) is 57.8 Å². The van der Waals surface area contributed by atoms with E-state index in [2.05, 4.69) is 22.2 Å². The second-order valence-electron chi connectivity index (χ2n) is 5.34. The Morgan fingerprint density at radius 1 is 1.35 bits per heavy atom. The summed E-state index contributed by atoms with van der Waals surface area (Å²) in [5, 5.41) is 3.63. The van der Waals surface area contributed by atoms with E-state index in [1.54, 1.807) is 6.07 Å². The van der Waals surface area contributed by atoms with Crippen molar-refractivity contribution in [2.45, 2.75) is 38.3 Å². The standard InChI is InChI=1S/C16H19N3O/c1-11(13-5-2-3-10-17-13)18-14-6-4-7-15-12(14)8-9-16(20)19-15/h2-3,5,8-11,14,18H,4,6-7H2,1H3,(H,19,20)/t11-,14?/m1/s1. The van der Waals surface area contributed by atoms with Crippen molar-refractivity contribution in [2.24, 2.45) is 0 Å².